The number of rotatable bonds is 2. The number of hydrazone groups is 1. The summed E-state index contributed by atoms with van der Waals surface area (Å²) in [6.45, 7) is 2.16. The zero-order chi connectivity index (χ0) is 14.7. The van der Waals surface area contributed by atoms with Gasteiger partial charge in [-0.05, 0) is 19.2 Å². The first-order valence-corrected chi connectivity index (χ1v) is 7.15. The lowest BCUT2D eigenvalue weighted by Crippen LogP contribution is -2.43. The van der Waals surface area contributed by atoms with Crippen LogP contribution in [0.5, 0.6) is 11.5 Å². The standard InChI is InChI=1S/C15H19N3O3/c1-18-8-6-11(7-9-18)16-17-15(19)14-10-20-12-4-2-3-5-13(12)21-14/h2-5,14H,6-10H2,1H3,(H,17,19)/t14-/m0/s1. The van der Waals surface area contributed by atoms with Gasteiger partial charge in [-0.1, -0.05) is 12.1 Å². The number of benzene rings is 1. The number of carbonyl (C=O) groups is 1. The lowest BCUT2D eigenvalue weighted by atomic mass is 10.1. The maximum Gasteiger partial charge on any atom is 0.284 e. The quantitative estimate of drug-likeness (QED) is 0.826. The molecule has 0 bridgehead atoms. The Balaban J connectivity index is 1.56. The molecule has 0 spiro atoms. The van der Waals surface area contributed by atoms with Crippen molar-refractivity contribution in [3.63, 3.8) is 0 Å². The Morgan fingerprint density at radius 2 is 2.00 bits per heavy atom. The summed E-state index contributed by atoms with van der Waals surface area (Å²) in [4.78, 5) is 14.3. The van der Waals surface area contributed by atoms with E-state index in [1.807, 2.05) is 18.2 Å². The van der Waals surface area contributed by atoms with Crippen LogP contribution in [0.15, 0.2) is 29.4 Å². The number of nitrogens with one attached hydrogen (secondary N) is 1. The van der Waals surface area contributed by atoms with Gasteiger partial charge in [-0.15, -0.1) is 0 Å². The van der Waals surface area contributed by atoms with E-state index in [1.54, 1.807) is 6.07 Å². The summed E-state index contributed by atoms with van der Waals surface area (Å²) in [6.07, 6.45) is 1.12. The average Bonchev–Trinajstić information content (AvgIpc) is 2.53. The van der Waals surface area contributed by atoms with Crippen molar-refractivity contribution in [3.05, 3.63) is 24.3 Å². The molecule has 0 aliphatic carbocycles. The molecule has 3 rings (SSSR count). The van der Waals surface area contributed by atoms with Gasteiger partial charge in [-0.3, -0.25) is 4.79 Å². The van der Waals surface area contributed by atoms with Crippen LogP contribution in [0.4, 0.5) is 0 Å². The highest BCUT2D eigenvalue weighted by molar-refractivity contribution is 5.88. The molecular weight excluding hydrogens is 270 g/mol. The van der Waals surface area contributed by atoms with Crippen molar-refractivity contribution in [1.82, 2.24) is 10.3 Å². The largest absolute Gasteiger partial charge is 0.485 e. The predicted molar refractivity (Wildman–Crippen MR) is 78.7 cm³/mol. The second kappa shape index (κ2) is 6.13. The van der Waals surface area contributed by atoms with Gasteiger partial charge in [0.1, 0.15) is 6.61 Å². The van der Waals surface area contributed by atoms with Crippen LogP contribution < -0.4 is 14.9 Å². The number of likely N-dealkylation sites (tertiary alicyclic amines) is 1. The maximum atomic E-state index is 12.1. The van der Waals surface area contributed by atoms with Gasteiger partial charge in [-0.2, -0.15) is 5.10 Å². The Bertz CT molecular complexity index is 549. The molecule has 1 N–H and O–H groups in total. The second-order valence-electron chi connectivity index (χ2n) is 5.32. The SMILES string of the molecule is CN1CCC(=NNC(=O)[C@@H]2COc3ccccc3O2)CC1. The molecule has 1 saturated heterocycles. The summed E-state index contributed by atoms with van der Waals surface area (Å²) in [5, 5.41) is 4.20. The van der Waals surface area contributed by atoms with Crippen molar-refractivity contribution >= 4 is 11.6 Å². The average molecular weight is 289 g/mol. The van der Waals surface area contributed by atoms with E-state index in [0.717, 1.165) is 31.6 Å². The van der Waals surface area contributed by atoms with E-state index in [9.17, 15) is 4.79 Å². The number of ether oxygens (including phenoxy) is 2. The second-order valence-corrected chi connectivity index (χ2v) is 5.32. The first kappa shape index (κ1) is 13.9. The Labute approximate surface area is 123 Å². The fourth-order valence-electron chi connectivity index (χ4n) is 2.34. The van der Waals surface area contributed by atoms with E-state index in [1.165, 1.54) is 0 Å². The third-order valence-corrected chi connectivity index (χ3v) is 3.69. The molecule has 2 aliphatic heterocycles. The molecule has 1 fully saturated rings. The zero-order valence-electron chi connectivity index (χ0n) is 12.0. The summed E-state index contributed by atoms with van der Waals surface area (Å²) >= 11 is 0. The third kappa shape index (κ3) is 3.33. The first-order chi connectivity index (χ1) is 10.2. The molecule has 6 nitrogen and oxygen atoms in total. The van der Waals surface area contributed by atoms with Crippen LogP contribution in [0.1, 0.15) is 12.8 Å². The molecule has 0 saturated carbocycles. The van der Waals surface area contributed by atoms with Crippen molar-refractivity contribution < 1.29 is 14.3 Å². The van der Waals surface area contributed by atoms with Crippen LogP contribution in [0, 0.1) is 0 Å². The molecule has 0 aromatic heterocycles. The lowest BCUT2D eigenvalue weighted by Gasteiger charge is -2.25. The number of amides is 1. The fraction of sp³-hybridized carbons (Fsp3) is 0.467. The van der Waals surface area contributed by atoms with Gasteiger partial charge in [0.25, 0.3) is 5.91 Å². The van der Waals surface area contributed by atoms with Crippen molar-refractivity contribution in [2.45, 2.75) is 18.9 Å². The van der Waals surface area contributed by atoms with Crippen LogP contribution in [0.25, 0.3) is 0 Å². The van der Waals surface area contributed by atoms with Gasteiger partial charge in [0.2, 0.25) is 6.10 Å². The molecular formula is C15H19N3O3. The van der Waals surface area contributed by atoms with E-state index in [-0.39, 0.29) is 12.5 Å². The molecule has 1 aromatic carbocycles. The van der Waals surface area contributed by atoms with E-state index < -0.39 is 6.10 Å². The number of fused-ring (bicyclic) bond motifs is 1. The number of hydrogen-bond acceptors (Lipinski definition) is 5. The van der Waals surface area contributed by atoms with Gasteiger partial charge in [0, 0.05) is 31.6 Å². The highest BCUT2D eigenvalue weighted by Gasteiger charge is 2.27. The number of nitrogens with zero attached hydrogens (tertiary/aromatic N) is 2. The molecule has 1 atom stereocenters. The zero-order valence-corrected chi connectivity index (χ0v) is 12.0. The van der Waals surface area contributed by atoms with Crippen LogP contribution >= 0.6 is 0 Å². The van der Waals surface area contributed by atoms with Gasteiger partial charge in [-0.25, -0.2) is 5.43 Å². The van der Waals surface area contributed by atoms with Gasteiger partial charge >= 0.3 is 0 Å². The summed E-state index contributed by atoms with van der Waals surface area (Å²) in [6, 6.07) is 7.33. The van der Waals surface area contributed by atoms with Crippen LogP contribution in [-0.4, -0.2) is 49.4 Å². The van der Waals surface area contributed by atoms with Crippen molar-refractivity contribution in [3.8, 4) is 11.5 Å². The molecule has 6 heteroatoms. The summed E-state index contributed by atoms with van der Waals surface area (Å²) in [7, 11) is 2.08. The molecule has 2 heterocycles. The van der Waals surface area contributed by atoms with Crippen LogP contribution in [-0.2, 0) is 4.79 Å². The minimum absolute atomic E-state index is 0.205. The summed E-state index contributed by atoms with van der Waals surface area (Å²) in [5.41, 5.74) is 3.62. The lowest BCUT2D eigenvalue weighted by molar-refractivity contribution is -0.130. The van der Waals surface area contributed by atoms with E-state index >= 15 is 0 Å². The number of carbonyl (C=O) groups excluding carboxylic acids is 1. The van der Waals surface area contributed by atoms with E-state index in [0.29, 0.717) is 11.5 Å². The minimum Gasteiger partial charge on any atom is -0.485 e. The number of hydrogen-bond donors (Lipinski definition) is 1. The Morgan fingerprint density at radius 3 is 2.76 bits per heavy atom. The molecule has 0 unspecified atom stereocenters. The Kier molecular flexibility index (Phi) is 4.06. The van der Waals surface area contributed by atoms with Gasteiger partial charge in [0.15, 0.2) is 11.5 Å². The first-order valence-electron chi connectivity index (χ1n) is 7.15. The van der Waals surface area contributed by atoms with Gasteiger partial charge < -0.3 is 14.4 Å². The van der Waals surface area contributed by atoms with E-state index in [2.05, 4.69) is 22.5 Å². The normalized spacial score (nSPS) is 21.8. The van der Waals surface area contributed by atoms with Gasteiger partial charge in [0.05, 0.1) is 0 Å². The maximum absolute atomic E-state index is 12.1. The molecule has 1 aromatic rings. The summed E-state index contributed by atoms with van der Waals surface area (Å²) < 4.78 is 11.2. The highest BCUT2D eigenvalue weighted by Crippen LogP contribution is 2.30. The highest BCUT2D eigenvalue weighted by atomic mass is 16.6. The fourth-order valence-corrected chi connectivity index (χ4v) is 2.34. The molecule has 1 amide bonds. The van der Waals surface area contributed by atoms with Crippen molar-refractivity contribution in [1.29, 1.82) is 0 Å². The third-order valence-electron chi connectivity index (χ3n) is 3.69. The monoisotopic (exact) mass is 289 g/mol. The number of piperidine rings is 1. The smallest absolute Gasteiger partial charge is 0.284 e. The number of para-hydroxylation sites is 2. The predicted octanol–water partition coefficient (Wildman–Crippen LogP) is 1.02. The topological polar surface area (TPSA) is 63.2 Å². The Morgan fingerprint density at radius 1 is 1.29 bits per heavy atom. The molecule has 112 valence electrons. The molecule has 0 radical (unpaired) electrons. The molecule has 21 heavy (non-hydrogen) atoms. The van der Waals surface area contributed by atoms with E-state index in [4.69, 9.17) is 9.47 Å². The molecule has 2 aliphatic rings. The minimum atomic E-state index is -0.657. The van der Waals surface area contributed by atoms with Crippen LogP contribution in [0.2, 0.25) is 0 Å². The summed E-state index contributed by atoms with van der Waals surface area (Å²) in [5.74, 6) is 0.995. The van der Waals surface area contributed by atoms with Crippen molar-refractivity contribution in [2.75, 3.05) is 26.7 Å². The Hall–Kier alpha value is -2.08. The van der Waals surface area contributed by atoms with Crippen molar-refractivity contribution in [2.24, 2.45) is 5.10 Å². The van der Waals surface area contributed by atoms with Crippen LogP contribution in [0.3, 0.4) is 0 Å².